The predicted molar refractivity (Wildman–Crippen MR) is 196 cm³/mol. The summed E-state index contributed by atoms with van der Waals surface area (Å²) in [5.41, 5.74) is 5.46. The van der Waals surface area contributed by atoms with Crippen LogP contribution in [0.3, 0.4) is 0 Å². The van der Waals surface area contributed by atoms with Gasteiger partial charge in [0.15, 0.2) is 8.07 Å². The molecule has 0 spiro atoms. The van der Waals surface area contributed by atoms with Gasteiger partial charge in [0, 0.05) is 21.8 Å². The first kappa shape index (κ1) is 26.8. The largest absolute Gasteiger partial charge is 0.456 e. The van der Waals surface area contributed by atoms with Crippen LogP contribution in [0.25, 0.3) is 49.4 Å². The molecule has 224 valence electrons. The van der Waals surface area contributed by atoms with E-state index in [9.17, 15) is 5.26 Å². The van der Waals surface area contributed by atoms with E-state index >= 15 is 0 Å². The highest BCUT2D eigenvalue weighted by molar-refractivity contribution is 7.21. The first-order chi connectivity index (χ1) is 23.8. The van der Waals surface area contributed by atoms with Crippen molar-refractivity contribution in [2.45, 2.75) is 0 Å². The minimum absolute atomic E-state index is 0.542. The summed E-state index contributed by atoms with van der Waals surface area (Å²) in [5, 5.41) is 19.5. The number of hydrogen-bond donors (Lipinski definition) is 0. The molecule has 0 amide bonds. The average molecular weight is 631 g/mol. The average Bonchev–Trinajstić information content (AvgIpc) is 3.70. The van der Waals surface area contributed by atoms with Gasteiger partial charge in [0.2, 0.25) is 0 Å². The van der Waals surface area contributed by atoms with Crippen LogP contribution in [0.4, 0.5) is 0 Å². The molecule has 0 saturated heterocycles. The van der Waals surface area contributed by atoms with Crippen LogP contribution >= 0.6 is 0 Å². The van der Waals surface area contributed by atoms with Crippen molar-refractivity contribution in [2.75, 3.05) is 0 Å². The molecular formula is C43H26N2O2Si. The third kappa shape index (κ3) is 3.52. The smallest absolute Gasteiger partial charge is 0.188 e. The van der Waals surface area contributed by atoms with Crippen LogP contribution in [0.15, 0.2) is 162 Å². The van der Waals surface area contributed by atoms with Crippen LogP contribution in [-0.2, 0) is 0 Å². The number of benzene rings is 7. The second kappa shape index (κ2) is 10.1. The van der Waals surface area contributed by atoms with Gasteiger partial charge in [-0.1, -0.05) is 115 Å². The molecule has 1 aliphatic rings. The van der Waals surface area contributed by atoms with Crippen molar-refractivity contribution in [1.29, 1.82) is 5.26 Å². The molecule has 7 aromatic carbocycles. The number of para-hydroxylation sites is 3. The van der Waals surface area contributed by atoms with Crippen molar-refractivity contribution in [2.24, 2.45) is 0 Å². The highest BCUT2D eigenvalue weighted by Crippen LogP contribution is 2.43. The molecule has 0 bridgehead atoms. The van der Waals surface area contributed by atoms with Gasteiger partial charge >= 0.3 is 0 Å². The van der Waals surface area contributed by atoms with Crippen LogP contribution < -0.4 is 25.5 Å². The van der Waals surface area contributed by atoms with Crippen molar-refractivity contribution < 1.29 is 9.15 Å². The monoisotopic (exact) mass is 630 g/mol. The fourth-order valence-corrected chi connectivity index (χ4v) is 13.0. The Morgan fingerprint density at radius 1 is 0.521 bits per heavy atom. The Morgan fingerprint density at radius 3 is 1.96 bits per heavy atom. The standard InChI is InChI=1S/C43H26N2O2Si/c44-27-28-12-11-21-39-42(28)47-43-40(48(39,30-13-3-1-4-14-30)31-15-5-2-6-16-31)25-23-36-41(43)33-18-7-9-19-35(33)45(36)29-22-24-38-34(26-29)32-17-8-10-20-37(32)46-38/h1-26H. The molecular weight excluding hydrogens is 605 g/mol. The maximum absolute atomic E-state index is 10.4. The van der Waals surface area contributed by atoms with Gasteiger partial charge in [-0.2, -0.15) is 5.26 Å². The van der Waals surface area contributed by atoms with E-state index in [1.807, 2.05) is 24.3 Å². The molecule has 0 saturated carbocycles. The molecule has 2 aromatic heterocycles. The van der Waals surface area contributed by atoms with Crippen LogP contribution in [0.5, 0.6) is 11.5 Å². The normalized spacial score (nSPS) is 13.3. The molecule has 3 heterocycles. The fraction of sp³-hybridized carbons (Fsp3) is 0. The Balaban J connectivity index is 1.35. The maximum Gasteiger partial charge on any atom is 0.188 e. The lowest BCUT2D eigenvalue weighted by atomic mass is 10.1. The van der Waals surface area contributed by atoms with E-state index in [-0.39, 0.29) is 0 Å². The van der Waals surface area contributed by atoms with Crippen molar-refractivity contribution in [1.82, 2.24) is 4.57 Å². The molecule has 5 heteroatoms. The molecule has 0 atom stereocenters. The molecule has 0 N–H and O–H groups in total. The highest BCUT2D eigenvalue weighted by atomic mass is 28.3. The highest BCUT2D eigenvalue weighted by Gasteiger charge is 2.49. The fourth-order valence-electron chi connectivity index (χ4n) is 8.00. The van der Waals surface area contributed by atoms with E-state index in [0.29, 0.717) is 11.3 Å². The summed E-state index contributed by atoms with van der Waals surface area (Å²) in [6.07, 6.45) is 0. The molecule has 1 aliphatic heterocycles. The van der Waals surface area contributed by atoms with Crippen molar-refractivity contribution in [3.8, 4) is 23.3 Å². The first-order valence-corrected chi connectivity index (χ1v) is 18.1. The third-order valence-electron chi connectivity index (χ3n) is 9.97. The van der Waals surface area contributed by atoms with E-state index in [4.69, 9.17) is 9.15 Å². The molecule has 10 rings (SSSR count). The predicted octanol–water partition coefficient (Wildman–Crippen LogP) is 8.04. The third-order valence-corrected chi connectivity index (χ3v) is 14.8. The van der Waals surface area contributed by atoms with E-state index in [1.54, 1.807) is 0 Å². The Bertz CT molecular complexity index is 2730. The van der Waals surface area contributed by atoms with Gasteiger partial charge in [0.05, 0.1) is 22.0 Å². The summed E-state index contributed by atoms with van der Waals surface area (Å²) < 4.78 is 15.6. The number of nitrogens with zero attached hydrogens (tertiary/aromatic N) is 2. The van der Waals surface area contributed by atoms with E-state index in [2.05, 4.69) is 144 Å². The summed E-state index contributed by atoms with van der Waals surface area (Å²) in [7, 11) is -2.95. The minimum atomic E-state index is -2.95. The molecule has 4 nitrogen and oxygen atoms in total. The number of ether oxygens (including phenoxy) is 1. The number of aromatic nitrogens is 1. The zero-order valence-electron chi connectivity index (χ0n) is 25.7. The van der Waals surface area contributed by atoms with Crippen LogP contribution in [0.1, 0.15) is 5.56 Å². The van der Waals surface area contributed by atoms with Crippen LogP contribution in [-0.4, -0.2) is 12.6 Å². The topological polar surface area (TPSA) is 51.1 Å². The SMILES string of the molecule is N#Cc1cccc2c1Oc1c(ccc3c1c1ccccc1n3-c1ccc3oc4ccccc4c3c1)[Si]2(c1ccccc1)c1ccccc1. The molecule has 0 aliphatic carbocycles. The molecule has 9 aromatic rings. The van der Waals surface area contributed by atoms with Gasteiger partial charge in [0.25, 0.3) is 0 Å². The molecule has 0 unspecified atom stereocenters. The zero-order chi connectivity index (χ0) is 31.8. The second-order valence-corrected chi connectivity index (χ2v) is 16.1. The van der Waals surface area contributed by atoms with Gasteiger partial charge in [-0.25, -0.2) is 0 Å². The number of rotatable bonds is 3. The Kier molecular flexibility index (Phi) is 5.63. The summed E-state index contributed by atoms with van der Waals surface area (Å²) in [6.45, 7) is 0. The Labute approximate surface area is 277 Å². The Hall–Kier alpha value is -6.35. The van der Waals surface area contributed by atoms with Gasteiger partial charge in [-0.15, -0.1) is 0 Å². The lowest BCUT2D eigenvalue weighted by molar-refractivity contribution is 0.491. The zero-order valence-corrected chi connectivity index (χ0v) is 26.7. The number of hydrogen-bond acceptors (Lipinski definition) is 3. The number of nitriles is 1. The summed E-state index contributed by atoms with van der Waals surface area (Å²) in [6, 6.07) is 57.8. The molecule has 0 fully saturated rings. The number of furan rings is 1. The van der Waals surface area contributed by atoms with Gasteiger partial charge < -0.3 is 13.7 Å². The minimum Gasteiger partial charge on any atom is -0.456 e. The van der Waals surface area contributed by atoms with Crippen molar-refractivity contribution in [3.63, 3.8) is 0 Å². The van der Waals surface area contributed by atoms with Crippen molar-refractivity contribution in [3.05, 3.63) is 163 Å². The van der Waals surface area contributed by atoms with Crippen molar-refractivity contribution >= 4 is 72.6 Å². The summed E-state index contributed by atoms with van der Waals surface area (Å²) >= 11 is 0. The van der Waals surface area contributed by atoms with E-state index in [1.165, 1.54) is 15.6 Å². The second-order valence-electron chi connectivity index (χ2n) is 12.3. The lowest BCUT2D eigenvalue weighted by Gasteiger charge is -2.40. The first-order valence-electron chi connectivity index (χ1n) is 16.1. The van der Waals surface area contributed by atoms with Crippen LogP contribution in [0, 0.1) is 11.3 Å². The molecule has 0 radical (unpaired) electrons. The Morgan fingerprint density at radius 2 is 1.19 bits per heavy atom. The van der Waals surface area contributed by atoms with Crippen LogP contribution in [0.2, 0.25) is 0 Å². The van der Waals surface area contributed by atoms with E-state index < -0.39 is 8.07 Å². The summed E-state index contributed by atoms with van der Waals surface area (Å²) in [5.74, 6) is 1.48. The van der Waals surface area contributed by atoms with E-state index in [0.717, 1.165) is 60.4 Å². The lowest BCUT2D eigenvalue weighted by Crippen LogP contribution is -2.76. The van der Waals surface area contributed by atoms with Gasteiger partial charge in [0.1, 0.15) is 28.7 Å². The quantitative estimate of drug-likeness (QED) is 0.186. The number of fused-ring (bicyclic) bond motifs is 9. The molecule has 48 heavy (non-hydrogen) atoms. The van der Waals surface area contributed by atoms with Gasteiger partial charge in [-0.05, 0) is 63.2 Å². The summed E-state index contributed by atoms with van der Waals surface area (Å²) in [4.78, 5) is 0. The maximum atomic E-state index is 10.4. The van der Waals surface area contributed by atoms with Gasteiger partial charge in [-0.3, -0.25) is 0 Å².